The van der Waals surface area contributed by atoms with E-state index in [2.05, 4.69) is 16.4 Å². The first-order valence-electron chi connectivity index (χ1n) is 9.57. The summed E-state index contributed by atoms with van der Waals surface area (Å²) < 4.78 is 54.0. The molecule has 1 atom stereocenters. The normalized spacial score (nSPS) is 20.9. The van der Waals surface area contributed by atoms with Crippen LogP contribution in [0.15, 0.2) is 34.1 Å². The molecule has 2 aliphatic rings. The quantitative estimate of drug-likeness (QED) is 0.641. The molecule has 1 aliphatic carbocycles. The van der Waals surface area contributed by atoms with Gasteiger partial charge in [-0.15, -0.1) is 0 Å². The number of sulfonamides is 2. The van der Waals surface area contributed by atoms with Crippen molar-refractivity contribution in [3.63, 3.8) is 0 Å². The lowest BCUT2D eigenvalue weighted by atomic mass is 10.0. The predicted octanol–water partition coefficient (Wildman–Crippen LogP) is 1.05. The van der Waals surface area contributed by atoms with E-state index in [4.69, 9.17) is 0 Å². The molecule has 1 amide bonds. The second-order valence-electron chi connectivity index (χ2n) is 7.60. The number of likely N-dealkylation sites (tertiary alicyclic amines) is 1. The minimum Gasteiger partial charge on any atom is -0.342 e. The van der Waals surface area contributed by atoms with Crippen LogP contribution in [0.4, 0.5) is 0 Å². The predicted molar refractivity (Wildman–Crippen MR) is 105 cm³/mol. The van der Waals surface area contributed by atoms with Gasteiger partial charge in [0.05, 0.1) is 9.79 Å². The second kappa shape index (κ2) is 8.48. The number of amides is 1. The highest BCUT2D eigenvalue weighted by atomic mass is 32.2. The zero-order chi connectivity index (χ0) is 20.4. The lowest BCUT2D eigenvalue weighted by Gasteiger charge is -2.31. The van der Waals surface area contributed by atoms with Crippen molar-refractivity contribution in [1.82, 2.24) is 14.3 Å². The summed E-state index contributed by atoms with van der Waals surface area (Å²) in [6.07, 6.45) is 3.83. The first kappa shape index (κ1) is 21.2. The summed E-state index contributed by atoms with van der Waals surface area (Å²) in [5.74, 6) is 0.417. The van der Waals surface area contributed by atoms with Gasteiger partial charge in [0.25, 0.3) is 0 Å². The van der Waals surface area contributed by atoms with E-state index < -0.39 is 20.0 Å². The number of hydrogen-bond donors (Lipinski definition) is 2. The van der Waals surface area contributed by atoms with Crippen LogP contribution in [0.25, 0.3) is 0 Å². The molecule has 156 valence electrons. The van der Waals surface area contributed by atoms with Gasteiger partial charge in [0.1, 0.15) is 0 Å². The molecule has 1 aliphatic heterocycles. The molecule has 8 nitrogen and oxygen atoms in total. The summed E-state index contributed by atoms with van der Waals surface area (Å²) >= 11 is 0. The summed E-state index contributed by atoms with van der Waals surface area (Å²) in [4.78, 5) is 14.0. The molecule has 1 unspecified atom stereocenters. The molecule has 0 bridgehead atoms. The van der Waals surface area contributed by atoms with E-state index in [1.165, 1.54) is 24.3 Å². The van der Waals surface area contributed by atoms with Crippen molar-refractivity contribution in [3.05, 3.63) is 24.3 Å². The van der Waals surface area contributed by atoms with Crippen LogP contribution in [0, 0.1) is 5.92 Å². The summed E-state index contributed by atoms with van der Waals surface area (Å²) in [6, 6.07) is 5.06. The molecule has 2 N–H and O–H groups in total. The molecule has 10 heteroatoms. The zero-order valence-corrected chi connectivity index (χ0v) is 17.6. The van der Waals surface area contributed by atoms with Gasteiger partial charge in [0.15, 0.2) is 0 Å². The first-order chi connectivity index (χ1) is 13.2. The SMILES string of the molecule is CC1CCCN(C(=O)CCNS(=O)(=O)c2ccc(S(=O)(=O)NC3CC3)cc2)C1. The maximum absolute atomic E-state index is 12.4. The fraction of sp³-hybridized carbons (Fsp3) is 0.611. The van der Waals surface area contributed by atoms with Gasteiger partial charge >= 0.3 is 0 Å². The maximum atomic E-state index is 12.4. The Morgan fingerprint density at radius 3 is 2.21 bits per heavy atom. The third-order valence-corrected chi connectivity index (χ3v) is 8.00. The van der Waals surface area contributed by atoms with Gasteiger partial charge in [0.2, 0.25) is 26.0 Å². The summed E-state index contributed by atoms with van der Waals surface area (Å²) in [5.41, 5.74) is 0. The Morgan fingerprint density at radius 2 is 1.64 bits per heavy atom. The summed E-state index contributed by atoms with van der Waals surface area (Å²) in [7, 11) is -7.43. The van der Waals surface area contributed by atoms with Gasteiger partial charge in [-0.1, -0.05) is 6.92 Å². The van der Waals surface area contributed by atoms with Gasteiger partial charge < -0.3 is 4.90 Å². The van der Waals surface area contributed by atoms with Crippen molar-refractivity contribution in [3.8, 4) is 0 Å². The van der Waals surface area contributed by atoms with Gasteiger partial charge in [-0.25, -0.2) is 26.3 Å². The van der Waals surface area contributed by atoms with Crippen LogP contribution in [-0.4, -0.2) is 53.3 Å². The summed E-state index contributed by atoms with van der Waals surface area (Å²) in [6.45, 7) is 3.55. The van der Waals surface area contributed by atoms with E-state index in [0.29, 0.717) is 5.92 Å². The second-order valence-corrected chi connectivity index (χ2v) is 11.1. The van der Waals surface area contributed by atoms with Crippen molar-refractivity contribution < 1.29 is 21.6 Å². The number of piperidine rings is 1. The Morgan fingerprint density at radius 1 is 1.04 bits per heavy atom. The van der Waals surface area contributed by atoms with Crippen LogP contribution >= 0.6 is 0 Å². The number of nitrogens with one attached hydrogen (secondary N) is 2. The highest BCUT2D eigenvalue weighted by Crippen LogP contribution is 2.23. The molecular formula is C18H27N3O5S2. The van der Waals surface area contributed by atoms with Crippen LogP contribution in [0.5, 0.6) is 0 Å². The van der Waals surface area contributed by atoms with Crippen molar-refractivity contribution in [2.75, 3.05) is 19.6 Å². The van der Waals surface area contributed by atoms with Gasteiger partial charge in [-0.05, 0) is 55.9 Å². The molecule has 1 aromatic rings. The number of carbonyl (C=O) groups excluding carboxylic acids is 1. The molecule has 0 spiro atoms. The Kier molecular flexibility index (Phi) is 6.43. The molecule has 1 saturated carbocycles. The molecule has 1 saturated heterocycles. The molecule has 3 rings (SSSR count). The molecule has 2 fully saturated rings. The van der Waals surface area contributed by atoms with Crippen LogP contribution in [0.2, 0.25) is 0 Å². The lowest BCUT2D eigenvalue weighted by Crippen LogP contribution is -2.40. The van der Waals surface area contributed by atoms with E-state index in [1.807, 2.05) is 0 Å². The molecule has 0 aromatic heterocycles. The van der Waals surface area contributed by atoms with E-state index in [0.717, 1.165) is 38.8 Å². The topological polar surface area (TPSA) is 113 Å². The molecule has 0 radical (unpaired) electrons. The van der Waals surface area contributed by atoms with Crippen molar-refractivity contribution in [2.24, 2.45) is 5.92 Å². The minimum atomic E-state index is -3.81. The Labute approximate surface area is 166 Å². The van der Waals surface area contributed by atoms with E-state index in [9.17, 15) is 21.6 Å². The van der Waals surface area contributed by atoms with E-state index >= 15 is 0 Å². The monoisotopic (exact) mass is 429 g/mol. The first-order valence-corrected chi connectivity index (χ1v) is 12.5. The average Bonchev–Trinajstić information content (AvgIpc) is 3.45. The summed E-state index contributed by atoms with van der Waals surface area (Å²) in [5, 5.41) is 0. The molecular weight excluding hydrogens is 402 g/mol. The smallest absolute Gasteiger partial charge is 0.240 e. The number of benzene rings is 1. The van der Waals surface area contributed by atoms with Crippen molar-refractivity contribution >= 4 is 26.0 Å². The van der Waals surface area contributed by atoms with Crippen LogP contribution in [0.1, 0.15) is 39.0 Å². The largest absolute Gasteiger partial charge is 0.342 e. The number of hydrogen-bond acceptors (Lipinski definition) is 5. The third kappa shape index (κ3) is 5.53. The standard InChI is InChI=1S/C18H27N3O5S2/c1-14-3-2-12-21(13-14)18(22)10-11-19-27(23,24)16-6-8-17(9-7-16)28(25,26)20-15-4-5-15/h6-9,14-15,19-20H,2-5,10-13H2,1H3. The fourth-order valence-electron chi connectivity index (χ4n) is 3.24. The Hall–Kier alpha value is -1.49. The van der Waals surface area contributed by atoms with Gasteiger partial charge in [-0.2, -0.15) is 0 Å². The van der Waals surface area contributed by atoms with Gasteiger partial charge in [0, 0.05) is 32.1 Å². The number of nitrogens with zero attached hydrogens (tertiary/aromatic N) is 1. The van der Waals surface area contributed by atoms with Crippen LogP contribution in [-0.2, 0) is 24.8 Å². The van der Waals surface area contributed by atoms with E-state index in [-0.39, 0.29) is 34.7 Å². The highest BCUT2D eigenvalue weighted by Gasteiger charge is 2.28. The van der Waals surface area contributed by atoms with E-state index in [1.54, 1.807) is 4.90 Å². The van der Waals surface area contributed by atoms with Crippen molar-refractivity contribution in [1.29, 1.82) is 0 Å². The minimum absolute atomic E-state index is 0.00926. The number of rotatable bonds is 8. The Balaban J connectivity index is 1.54. The van der Waals surface area contributed by atoms with Crippen LogP contribution < -0.4 is 9.44 Å². The zero-order valence-electron chi connectivity index (χ0n) is 15.9. The fourth-order valence-corrected chi connectivity index (χ4v) is 5.57. The molecule has 1 aromatic carbocycles. The highest BCUT2D eigenvalue weighted by molar-refractivity contribution is 7.90. The Bertz CT molecular complexity index is 909. The van der Waals surface area contributed by atoms with Gasteiger partial charge in [-0.3, -0.25) is 4.79 Å². The van der Waals surface area contributed by atoms with Crippen molar-refractivity contribution in [2.45, 2.75) is 54.9 Å². The average molecular weight is 430 g/mol. The maximum Gasteiger partial charge on any atom is 0.240 e. The molecule has 28 heavy (non-hydrogen) atoms. The molecule has 1 heterocycles. The lowest BCUT2D eigenvalue weighted by molar-refractivity contribution is -0.132. The number of carbonyl (C=O) groups is 1. The third-order valence-electron chi connectivity index (χ3n) is 4.98. The van der Waals surface area contributed by atoms with Crippen LogP contribution in [0.3, 0.4) is 0 Å².